The molecule has 0 radical (unpaired) electrons. The lowest BCUT2D eigenvalue weighted by Gasteiger charge is -2.21. The molecule has 4 heteroatoms. The molecule has 0 aliphatic rings. The van der Waals surface area contributed by atoms with Gasteiger partial charge in [0.05, 0.1) is 0 Å². The summed E-state index contributed by atoms with van der Waals surface area (Å²) >= 11 is 0. The average molecular weight is 222 g/mol. The molecule has 0 aromatic heterocycles. The largest absolute Gasteiger partial charge is 0.478 e. The smallest absolute Gasteiger partial charge is 0.339 e. The van der Waals surface area contributed by atoms with E-state index in [9.17, 15) is 9.18 Å². The van der Waals surface area contributed by atoms with Gasteiger partial charge in [0, 0.05) is 0 Å². The molecule has 0 aliphatic heterocycles. The fraction of sp³-hybridized carbons (Fsp3) is 0.250. The van der Waals surface area contributed by atoms with Crippen LogP contribution in [0.25, 0.3) is 0 Å². The highest BCUT2D eigenvalue weighted by Crippen LogP contribution is 2.24. The topological polar surface area (TPSA) is 46.5 Å². The van der Waals surface area contributed by atoms with Crippen LogP contribution < -0.4 is 4.74 Å². The number of rotatable bonds is 3. The Kier molecular flexibility index (Phi) is 3.19. The monoisotopic (exact) mass is 222 g/mol. The van der Waals surface area contributed by atoms with Crippen LogP contribution in [0.4, 0.5) is 4.39 Å². The van der Waals surface area contributed by atoms with Gasteiger partial charge in [0.15, 0.2) is 5.60 Å². The van der Waals surface area contributed by atoms with E-state index in [4.69, 9.17) is 16.3 Å². The Labute approximate surface area is 92.9 Å². The SMILES string of the molecule is C#CC(C)(C)Oc1ccc(F)cc1C(=O)O. The molecule has 1 rings (SSSR count). The van der Waals surface area contributed by atoms with Crippen molar-refractivity contribution in [3.63, 3.8) is 0 Å². The van der Waals surface area contributed by atoms with E-state index in [0.717, 1.165) is 12.1 Å². The first-order valence-corrected chi connectivity index (χ1v) is 4.55. The lowest BCUT2D eigenvalue weighted by atomic mass is 10.1. The van der Waals surface area contributed by atoms with Gasteiger partial charge in [-0.3, -0.25) is 0 Å². The summed E-state index contributed by atoms with van der Waals surface area (Å²) in [6.45, 7) is 3.23. The molecule has 84 valence electrons. The number of hydrogen-bond donors (Lipinski definition) is 1. The maximum atomic E-state index is 12.9. The van der Waals surface area contributed by atoms with E-state index in [1.54, 1.807) is 13.8 Å². The number of ether oxygens (including phenoxy) is 1. The predicted octanol–water partition coefficient (Wildman–Crippen LogP) is 2.31. The van der Waals surface area contributed by atoms with Crippen LogP contribution in [0, 0.1) is 18.2 Å². The second-order valence-corrected chi connectivity index (χ2v) is 3.70. The van der Waals surface area contributed by atoms with Crippen LogP contribution in [0.15, 0.2) is 18.2 Å². The molecule has 1 N–H and O–H groups in total. The van der Waals surface area contributed by atoms with Crippen molar-refractivity contribution in [1.82, 2.24) is 0 Å². The van der Waals surface area contributed by atoms with E-state index >= 15 is 0 Å². The molecule has 0 spiro atoms. The Morgan fingerprint density at radius 3 is 2.69 bits per heavy atom. The van der Waals surface area contributed by atoms with Gasteiger partial charge in [0.25, 0.3) is 0 Å². The summed E-state index contributed by atoms with van der Waals surface area (Å²) in [4.78, 5) is 10.8. The number of halogens is 1. The van der Waals surface area contributed by atoms with Crippen molar-refractivity contribution in [2.24, 2.45) is 0 Å². The maximum absolute atomic E-state index is 12.9. The van der Waals surface area contributed by atoms with Gasteiger partial charge in [-0.2, -0.15) is 0 Å². The molecule has 0 fully saturated rings. The molecule has 1 aromatic rings. The predicted molar refractivity (Wildman–Crippen MR) is 56.9 cm³/mol. The van der Waals surface area contributed by atoms with Crippen molar-refractivity contribution < 1.29 is 19.0 Å². The second kappa shape index (κ2) is 4.23. The zero-order valence-electron chi connectivity index (χ0n) is 8.95. The van der Waals surface area contributed by atoms with Crippen molar-refractivity contribution in [2.75, 3.05) is 0 Å². The second-order valence-electron chi connectivity index (χ2n) is 3.70. The van der Waals surface area contributed by atoms with Crippen molar-refractivity contribution in [2.45, 2.75) is 19.4 Å². The van der Waals surface area contributed by atoms with Gasteiger partial charge in [0.1, 0.15) is 17.1 Å². The standard InChI is InChI=1S/C12H11FO3/c1-4-12(2,3)16-10-6-5-8(13)7-9(10)11(14)15/h1,5-7H,2-3H3,(H,14,15). The Balaban J connectivity index is 3.15. The molecule has 0 bridgehead atoms. The summed E-state index contributed by atoms with van der Waals surface area (Å²) < 4.78 is 18.2. The van der Waals surface area contributed by atoms with Crippen LogP contribution in [-0.2, 0) is 0 Å². The van der Waals surface area contributed by atoms with Gasteiger partial charge in [-0.1, -0.05) is 5.92 Å². The van der Waals surface area contributed by atoms with Crippen LogP contribution in [0.1, 0.15) is 24.2 Å². The molecule has 0 saturated carbocycles. The third kappa shape index (κ3) is 2.74. The Morgan fingerprint density at radius 2 is 2.19 bits per heavy atom. The summed E-state index contributed by atoms with van der Waals surface area (Å²) in [5.74, 6) is 0.517. The first-order chi connectivity index (χ1) is 7.35. The lowest BCUT2D eigenvalue weighted by molar-refractivity contribution is 0.0686. The number of terminal acetylenes is 1. The molecule has 1 aromatic carbocycles. The summed E-state index contributed by atoms with van der Waals surface area (Å²) in [5, 5.41) is 8.86. The van der Waals surface area contributed by atoms with Gasteiger partial charge in [-0.05, 0) is 32.0 Å². The maximum Gasteiger partial charge on any atom is 0.339 e. The number of carboxylic acid groups (broad SMARTS) is 1. The van der Waals surface area contributed by atoms with Gasteiger partial charge < -0.3 is 9.84 Å². The minimum absolute atomic E-state index is 0.0526. The van der Waals surface area contributed by atoms with E-state index in [2.05, 4.69) is 5.92 Å². The number of benzene rings is 1. The third-order valence-corrected chi connectivity index (χ3v) is 1.88. The highest BCUT2D eigenvalue weighted by atomic mass is 19.1. The first-order valence-electron chi connectivity index (χ1n) is 4.55. The van der Waals surface area contributed by atoms with Crippen LogP contribution in [0.3, 0.4) is 0 Å². The Hall–Kier alpha value is -2.02. The Morgan fingerprint density at radius 1 is 1.56 bits per heavy atom. The zero-order valence-corrected chi connectivity index (χ0v) is 8.95. The van der Waals surface area contributed by atoms with Crippen LogP contribution in [0.5, 0.6) is 5.75 Å². The minimum Gasteiger partial charge on any atom is -0.478 e. The van der Waals surface area contributed by atoms with E-state index < -0.39 is 17.4 Å². The highest BCUT2D eigenvalue weighted by molar-refractivity contribution is 5.90. The third-order valence-electron chi connectivity index (χ3n) is 1.88. The fourth-order valence-corrected chi connectivity index (χ4v) is 1.06. The van der Waals surface area contributed by atoms with E-state index in [1.165, 1.54) is 6.07 Å². The summed E-state index contributed by atoms with van der Waals surface area (Å²) in [7, 11) is 0. The highest BCUT2D eigenvalue weighted by Gasteiger charge is 2.20. The fourth-order valence-electron chi connectivity index (χ4n) is 1.06. The lowest BCUT2D eigenvalue weighted by Crippen LogP contribution is -2.26. The van der Waals surface area contributed by atoms with Gasteiger partial charge in [0.2, 0.25) is 0 Å². The summed E-state index contributed by atoms with van der Waals surface area (Å²) in [5.41, 5.74) is -1.19. The van der Waals surface area contributed by atoms with E-state index in [0.29, 0.717) is 0 Å². The molecule has 0 atom stereocenters. The Bertz CT molecular complexity index is 458. The number of carbonyl (C=O) groups is 1. The van der Waals surface area contributed by atoms with E-state index in [1.807, 2.05) is 0 Å². The molecule has 0 amide bonds. The molecule has 0 aliphatic carbocycles. The normalized spacial score (nSPS) is 10.6. The summed E-state index contributed by atoms with van der Waals surface area (Å²) in [6.07, 6.45) is 5.21. The van der Waals surface area contributed by atoms with Crippen molar-refractivity contribution in [3.05, 3.63) is 29.6 Å². The van der Waals surface area contributed by atoms with Crippen molar-refractivity contribution >= 4 is 5.97 Å². The number of carboxylic acids is 1. The molecule has 3 nitrogen and oxygen atoms in total. The van der Waals surface area contributed by atoms with Gasteiger partial charge in [-0.15, -0.1) is 6.42 Å². The van der Waals surface area contributed by atoms with Gasteiger partial charge >= 0.3 is 5.97 Å². The molecular weight excluding hydrogens is 211 g/mol. The molecular formula is C12H11FO3. The zero-order chi connectivity index (χ0) is 12.3. The van der Waals surface area contributed by atoms with Crippen LogP contribution >= 0.6 is 0 Å². The van der Waals surface area contributed by atoms with Crippen molar-refractivity contribution in [1.29, 1.82) is 0 Å². The molecule has 16 heavy (non-hydrogen) atoms. The molecule has 0 unspecified atom stereocenters. The quantitative estimate of drug-likeness (QED) is 0.798. The molecule has 0 saturated heterocycles. The number of hydrogen-bond acceptors (Lipinski definition) is 2. The van der Waals surface area contributed by atoms with Crippen LogP contribution in [-0.4, -0.2) is 16.7 Å². The van der Waals surface area contributed by atoms with Gasteiger partial charge in [-0.25, -0.2) is 9.18 Å². The minimum atomic E-state index is -1.26. The van der Waals surface area contributed by atoms with Crippen LogP contribution in [0.2, 0.25) is 0 Å². The summed E-state index contributed by atoms with van der Waals surface area (Å²) in [6, 6.07) is 3.26. The van der Waals surface area contributed by atoms with Crippen molar-refractivity contribution in [3.8, 4) is 18.1 Å². The first kappa shape index (κ1) is 12.1. The number of aromatic carboxylic acids is 1. The van der Waals surface area contributed by atoms with E-state index in [-0.39, 0.29) is 11.3 Å². The average Bonchev–Trinajstić information content (AvgIpc) is 2.20. The molecule has 0 heterocycles.